The number of fused-ring (bicyclic) bond motifs is 2. The van der Waals surface area contributed by atoms with Crippen LogP contribution in [-0.4, -0.2) is 20.4 Å². The van der Waals surface area contributed by atoms with Crippen LogP contribution >= 0.6 is 0 Å². The number of H-pyrrole nitrogens is 1. The minimum absolute atomic E-state index is 0.0364. The highest BCUT2D eigenvalue weighted by molar-refractivity contribution is 5.82. The summed E-state index contributed by atoms with van der Waals surface area (Å²) in [4.78, 5) is 44.3. The topological polar surface area (TPSA) is 121 Å². The van der Waals surface area contributed by atoms with Crippen molar-refractivity contribution in [1.82, 2.24) is 19.9 Å². The van der Waals surface area contributed by atoms with Crippen molar-refractivity contribution in [2.75, 3.05) is 0 Å². The highest BCUT2D eigenvalue weighted by Gasteiger charge is 2.26. The van der Waals surface area contributed by atoms with Crippen molar-refractivity contribution < 1.29 is 9.18 Å². The van der Waals surface area contributed by atoms with Crippen molar-refractivity contribution in [3.63, 3.8) is 0 Å². The van der Waals surface area contributed by atoms with Crippen LogP contribution in [0.3, 0.4) is 0 Å². The lowest BCUT2D eigenvalue weighted by Crippen LogP contribution is -2.41. The Bertz CT molecular complexity index is 1320. The Morgan fingerprint density at radius 1 is 1.45 bits per heavy atom. The van der Waals surface area contributed by atoms with Gasteiger partial charge in [-0.05, 0) is 49.1 Å². The molecular formula is C20H16FN5O3. The highest BCUT2D eigenvalue weighted by atomic mass is 19.1. The fourth-order valence-electron chi connectivity index (χ4n) is 3.68. The molecule has 0 fully saturated rings. The molecule has 4 rings (SSSR count). The Morgan fingerprint density at radius 3 is 3.00 bits per heavy atom. The van der Waals surface area contributed by atoms with Crippen LogP contribution in [0.25, 0.3) is 10.9 Å². The van der Waals surface area contributed by atoms with Crippen molar-refractivity contribution >= 4 is 16.8 Å². The monoisotopic (exact) mass is 393 g/mol. The van der Waals surface area contributed by atoms with Gasteiger partial charge in [0.1, 0.15) is 18.4 Å². The Kier molecular flexibility index (Phi) is 4.47. The predicted molar refractivity (Wildman–Crippen MR) is 102 cm³/mol. The molecule has 1 aliphatic rings. The Morgan fingerprint density at radius 2 is 2.24 bits per heavy atom. The maximum atomic E-state index is 13.8. The number of nitriles is 1. The standard InChI is InChI=1S/C20H16FN5O3/c1-10-13(21)3-5-14-17(10)19(28)26(20(29)25-14)9-16(27)24-15-4-2-12-6-11(7-22)8-23-18(12)15/h3,5-6,8,15H,2,4,9H2,1H3,(H,24,27)(H,25,29)/t15-/m1/s1. The first kappa shape index (κ1) is 18.6. The maximum absolute atomic E-state index is 13.8. The van der Waals surface area contributed by atoms with Crippen molar-refractivity contribution in [1.29, 1.82) is 5.26 Å². The zero-order valence-corrected chi connectivity index (χ0v) is 15.5. The smallest absolute Gasteiger partial charge is 0.329 e. The first-order valence-electron chi connectivity index (χ1n) is 8.99. The Labute approximate surface area is 163 Å². The average molecular weight is 393 g/mol. The molecule has 1 aromatic carbocycles. The molecule has 146 valence electrons. The second kappa shape index (κ2) is 6.98. The van der Waals surface area contributed by atoms with E-state index in [-0.39, 0.29) is 22.5 Å². The van der Waals surface area contributed by atoms with E-state index in [2.05, 4.69) is 15.3 Å². The van der Waals surface area contributed by atoms with Crippen molar-refractivity contribution in [3.05, 3.63) is 73.4 Å². The number of carbonyl (C=O) groups is 1. The molecule has 1 atom stereocenters. The van der Waals surface area contributed by atoms with E-state index >= 15 is 0 Å². The average Bonchev–Trinajstić information content (AvgIpc) is 3.09. The number of halogens is 1. The van der Waals surface area contributed by atoms with Crippen LogP contribution in [0.5, 0.6) is 0 Å². The maximum Gasteiger partial charge on any atom is 0.329 e. The lowest BCUT2D eigenvalue weighted by molar-refractivity contribution is -0.122. The molecule has 2 N–H and O–H groups in total. The normalized spacial score (nSPS) is 15.1. The number of aromatic amines is 1. The number of hydrogen-bond donors (Lipinski definition) is 2. The molecule has 0 saturated heterocycles. The first-order chi connectivity index (χ1) is 13.9. The molecule has 1 amide bonds. The van der Waals surface area contributed by atoms with E-state index in [1.54, 1.807) is 6.07 Å². The lowest BCUT2D eigenvalue weighted by Gasteiger charge is -2.14. The van der Waals surface area contributed by atoms with Crippen LogP contribution < -0.4 is 16.6 Å². The third kappa shape index (κ3) is 3.18. The molecule has 1 aliphatic carbocycles. The summed E-state index contributed by atoms with van der Waals surface area (Å²) in [5, 5.41) is 11.8. The zero-order chi connectivity index (χ0) is 20.7. The summed E-state index contributed by atoms with van der Waals surface area (Å²) in [5.74, 6) is -1.10. The van der Waals surface area contributed by atoms with Gasteiger partial charge in [0.15, 0.2) is 0 Å². The van der Waals surface area contributed by atoms with E-state index < -0.39 is 29.5 Å². The second-order valence-electron chi connectivity index (χ2n) is 6.96. The quantitative estimate of drug-likeness (QED) is 0.693. The molecule has 0 unspecified atom stereocenters. The summed E-state index contributed by atoms with van der Waals surface area (Å²) in [6.45, 7) is 0.945. The van der Waals surface area contributed by atoms with Gasteiger partial charge in [-0.2, -0.15) is 5.26 Å². The summed E-state index contributed by atoms with van der Waals surface area (Å²) in [7, 11) is 0. The van der Waals surface area contributed by atoms with Crippen LogP contribution in [0.1, 0.15) is 34.8 Å². The van der Waals surface area contributed by atoms with Crippen LogP contribution in [0.2, 0.25) is 0 Å². The number of pyridine rings is 1. The van der Waals surface area contributed by atoms with E-state index in [1.165, 1.54) is 25.3 Å². The highest BCUT2D eigenvalue weighted by Crippen LogP contribution is 2.29. The van der Waals surface area contributed by atoms with E-state index in [0.717, 1.165) is 10.1 Å². The van der Waals surface area contributed by atoms with Crippen molar-refractivity contribution in [2.24, 2.45) is 0 Å². The van der Waals surface area contributed by atoms with E-state index in [1.807, 2.05) is 6.07 Å². The van der Waals surface area contributed by atoms with Gasteiger partial charge in [0.2, 0.25) is 5.91 Å². The van der Waals surface area contributed by atoms with Crippen LogP contribution in [-0.2, 0) is 17.8 Å². The zero-order valence-electron chi connectivity index (χ0n) is 15.5. The van der Waals surface area contributed by atoms with Gasteiger partial charge in [0.05, 0.1) is 28.2 Å². The van der Waals surface area contributed by atoms with Gasteiger partial charge in [-0.1, -0.05) is 0 Å². The SMILES string of the molecule is Cc1c(F)ccc2[nH]c(=O)n(CC(=O)N[C@@H]3CCc4cc(C#N)cnc43)c(=O)c12. The summed E-state index contributed by atoms with van der Waals surface area (Å²) in [6.07, 6.45) is 2.72. The molecule has 0 aliphatic heterocycles. The first-order valence-corrected chi connectivity index (χ1v) is 8.99. The van der Waals surface area contributed by atoms with Gasteiger partial charge in [0, 0.05) is 6.20 Å². The number of carbonyl (C=O) groups excluding carboxylic acids is 1. The predicted octanol–water partition coefficient (Wildman–Crippen LogP) is 1.21. The number of aromatic nitrogens is 3. The molecule has 0 bridgehead atoms. The number of hydrogen-bond acceptors (Lipinski definition) is 5. The van der Waals surface area contributed by atoms with Crippen molar-refractivity contribution in [3.8, 4) is 6.07 Å². The van der Waals surface area contributed by atoms with E-state index in [0.29, 0.717) is 24.1 Å². The fourth-order valence-corrected chi connectivity index (χ4v) is 3.68. The Balaban J connectivity index is 1.61. The number of nitrogens with one attached hydrogen (secondary N) is 2. The van der Waals surface area contributed by atoms with Crippen molar-refractivity contribution in [2.45, 2.75) is 32.4 Å². The number of rotatable bonds is 3. The number of amides is 1. The minimum atomic E-state index is -0.743. The third-order valence-electron chi connectivity index (χ3n) is 5.14. The number of nitrogens with zero attached hydrogens (tertiary/aromatic N) is 3. The summed E-state index contributed by atoms with van der Waals surface area (Å²) in [5.41, 5.74) is 0.883. The summed E-state index contributed by atoms with van der Waals surface area (Å²) in [6, 6.07) is 5.90. The molecule has 2 heterocycles. The summed E-state index contributed by atoms with van der Waals surface area (Å²) < 4.78 is 14.6. The van der Waals surface area contributed by atoms with E-state index in [4.69, 9.17) is 5.26 Å². The van der Waals surface area contributed by atoms with Gasteiger partial charge < -0.3 is 10.3 Å². The van der Waals surface area contributed by atoms with Gasteiger partial charge in [0.25, 0.3) is 5.56 Å². The molecule has 9 heteroatoms. The molecule has 0 spiro atoms. The molecule has 29 heavy (non-hydrogen) atoms. The number of aryl methyl sites for hydroxylation is 2. The Hall–Kier alpha value is -3.80. The summed E-state index contributed by atoms with van der Waals surface area (Å²) >= 11 is 0. The van der Waals surface area contributed by atoms with E-state index in [9.17, 15) is 18.8 Å². The third-order valence-corrected chi connectivity index (χ3v) is 5.14. The van der Waals surface area contributed by atoms with Crippen LogP contribution in [0.15, 0.2) is 34.0 Å². The van der Waals surface area contributed by atoms with Crippen LogP contribution in [0.4, 0.5) is 4.39 Å². The van der Waals surface area contributed by atoms with Crippen LogP contribution in [0, 0.1) is 24.1 Å². The molecule has 2 aromatic heterocycles. The second-order valence-corrected chi connectivity index (χ2v) is 6.96. The number of benzene rings is 1. The lowest BCUT2D eigenvalue weighted by atomic mass is 10.1. The molecule has 0 radical (unpaired) electrons. The fraction of sp³-hybridized carbons (Fsp3) is 0.250. The molecular weight excluding hydrogens is 377 g/mol. The van der Waals surface area contributed by atoms with Gasteiger partial charge in [-0.3, -0.25) is 19.1 Å². The van der Waals surface area contributed by atoms with Gasteiger partial charge in [-0.25, -0.2) is 9.18 Å². The minimum Gasteiger partial charge on any atom is -0.346 e. The van der Waals surface area contributed by atoms with Gasteiger partial charge in [-0.15, -0.1) is 0 Å². The molecule has 0 saturated carbocycles. The largest absolute Gasteiger partial charge is 0.346 e. The molecule has 8 nitrogen and oxygen atoms in total. The molecule has 3 aromatic rings. The van der Waals surface area contributed by atoms with Gasteiger partial charge >= 0.3 is 5.69 Å².